The van der Waals surface area contributed by atoms with Crippen LogP contribution in [-0.2, 0) is 13.3 Å². The van der Waals surface area contributed by atoms with Crippen molar-refractivity contribution in [3.05, 3.63) is 0 Å². The molecule has 0 bridgehead atoms. The van der Waals surface area contributed by atoms with Crippen molar-refractivity contribution in [1.82, 2.24) is 0 Å². The molecule has 0 saturated heterocycles. The summed E-state index contributed by atoms with van der Waals surface area (Å²) in [5.41, 5.74) is 0. The lowest BCUT2D eigenvalue weighted by Gasteiger charge is -2.05. The topological polar surface area (TPSA) is 27.7 Å². The molecule has 0 aromatic rings. The van der Waals surface area contributed by atoms with E-state index in [1.54, 1.807) is 28.3 Å². The Labute approximate surface area is 69.4 Å². The number of hydrogen-bond donors (Lipinski definition) is 0. The van der Waals surface area contributed by atoms with Crippen LogP contribution in [0.25, 0.3) is 0 Å². The summed E-state index contributed by atoms with van der Waals surface area (Å²) in [6.07, 6.45) is 0.653. The van der Waals surface area contributed by atoms with Crippen LogP contribution in [0, 0.1) is 0 Å². The number of halogens is 1. The van der Waals surface area contributed by atoms with E-state index in [2.05, 4.69) is 0 Å². The second kappa shape index (κ2) is 12.7. The Morgan fingerprint density at radius 1 is 1.09 bits per heavy atom. The smallest absolute Gasteiger partial charge is 0.379 e. The lowest BCUT2D eigenvalue weighted by atomic mass is 10.6. The standard InChI is InChI=1S/C3H7F.C3H10O3Si/c1-2-3-4;1-4-7(5-2)6-3/h2-3H2,1H3;7H,1-3H3. The highest BCUT2D eigenvalue weighted by Gasteiger charge is 2.04. The van der Waals surface area contributed by atoms with Gasteiger partial charge >= 0.3 is 9.53 Å². The van der Waals surface area contributed by atoms with Gasteiger partial charge in [-0.05, 0) is 6.42 Å². The summed E-state index contributed by atoms with van der Waals surface area (Å²) in [5.74, 6) is 0. The van der Waals surface area contributed by atoms with E-state index in [4.69, 9.17) is 13.3 Å². The molecule has 0 amide bonds. The largest absolute Gasteiger partial charge is 0.483 e. The molecule has 0 aromatic heterocycles. The van der Waals surface area contributed by atoms with Crippen molar-refractivity contribution in [2.75, 3.05) is 28.0 Å². The van der Waals surface area contributed by atoms with Crippen molar-refractivity contribution >= 4 is 9.53 Å². The minimum absolute atomic E-state index is 0.181. The van der Waals surface area contributed by atoms with Gasteiger partial charge in [-0.15, -0.1) is 0 Å². The van der Waals surface area contributed by atoms with Gasteiger partial charge in [0.1, 0.15) is 0 Å². The summed E-state index contributed by atoms with van der Waals surface area (Å²) in [7, 11) is 3.05. The Morgan fingerprint density at radius 3 is 1.36 bits per heavy atom. The molecule has 5 heteroatoms. The van der Waals surface area contributed by atoms with Gasteiger partial charge in [-0.2, -0.15) is 0 Å². The van der Waals surface area contributed by atoms with E-state index in [0.717, 1.165) is 0 Å². The summed E-state index contributed by atoms with van der Waals surface area (Å²) in [6, 6.07) is 0. The maximum absolute atomic E-state index is 10.7. The van der Waals surface area contributed by atoms with Gasteiger partial charge in [0.05, 0.1) is 6.67 Å². The van der Waals surface area contributed by atoms with Gasteiger partial charge in [0.2, 0.25) is 0 Å². The molecular weight excluding hydrogens is 167 g/mol. The Kier molecular flexibility index (Phi) is 15.7. The quantitative estimate of drug-likeness (QED) is 0.610. The highest BCUT2D eigenvalue weighted by molar-refractivity contribution is 6.36. The maximum atomic E-state index is 10.7. The maximum Gasteiger partial charge on any atom is 0.483 e. The first kappa shape index (κ1) is 13.6. The van der Waals surface area contributed by atoms with E-state index >= 15 is 0 Å². The molecule has 0 aliphatic heterocycles. The third-order valence-corrected chi connectivity index (χ3v) is 1.92. The molecule has 0 unspecified atom stereocenters. The molecule has 3 nitrogen and oxygen atoms in total. The van der Waals surface area contributed by atoms with E-state index in [0.29, 0.717) is 6.42 Å². The Hall–Kier alpha value is 0.0269. The summed E-state index contributed by atoms with van der Waals surface area (Å²) in [6.45, 7) is 1.62. The molecule has 0 aliphatic carbocycles. The zero-order chi connectivity index (χ0) is 9.11. The van der Waals surface area contributed by atoms with Gasteiger partial charge in [0, 0.05) is 21.3 Å². The van der Waals surface area contributed by atoms with Gasteiger partial charge in [-0.25, -0.2) is 0 Å². The Balaban J connectivity index is 0. The zero-order valence-corrected chi connectivity index (χ0v) is 8.75. The molecule has 0 N–H and O–H groups in total. The van der Waals surface area contributed by atoms with Crippen LogP contribution in [0.2, 0.25) is 0 Å². The van der Waals surface area contributed by atoms with Crippen LogP contribution in [0.15, 0.2) is 0 Å². The van der Waals surface area contributed by atoms with Crippen molar-refractivity contribution in [2.24, 2.45) is 0 Å². The van der Waals surface area contributed by atoms with Gasteiger partial charge in [0.15, 0.2) is 0 Å². The molecule has 0 atom stereocenters. The average molecular weight is 184 g/mol. The average Bonchev–Trinajstić information content (AvgIpc) is 2.08. The fourth-order valence-electron chi connectivity index (χ4n) is 0.289. The highest BCUT2D eigenvalue weighted by Crippen LogP contribution is 1.81. The zero-order valence-electron chi connectivity index (χ0n) is 7.59. The second-order valence-corrected chi connectivity index (χ2v) is 3.68. The predicted molar refractivity (Wildman–Crippen MR) is 44.4 cm³/mol. The van der Waals surface area contributed by atoms with Crippen LogP contribution >= 0.6 is 0 Å². The highest BCUT2D eigenvalue weighted by atomic mass is 28.3. The summed E-state index contributed by atoms with van der Waals surface area (Å²) in [4.78, 5) is 0. The Bertz CT molecular complexity index is 54.3. The van der Waals surface area contributed by atoms with Crippen molar-refractivity contribution in [3.8, 4) is 0 Å². The predicted octanol–water partition coefficient (Wildman–Crippen LogP) is 1.01. The lowest BCUT2D eigenvalue weighted by Crippen LogP contribution is -2.21. The van der Waals surface area contributed by atoms with Crippen molar-refractivity contribution in [2.45, 2.75) is 13.3 Å². The summed E-state index contributed by atoms with van der Waals surface area (Å²) in [5, 5.41) is 0. The normalized spacial score (nSPS) is 9.27. The van der Waals surface area contributed by atoms with E-state index in [1.807, 2.05) is 0 Å². The number of alkyl halides is 1. The van der Waals surface area contributed by atoms with E-state index in [9.17, 15) is 4.39 Å². The Morgan fingerprint density at radius 2 is 1.36 bits per heavy atom. The fourth-order valence-corrected chi connectivity index (χ4v) is 0.866. The van der Waals surface area contributed by atoms with Crippen LogP contribution in [0.3, 0.4) is 0 Å². The van der Waals surface area contributed by atoms with Crippen molar-refractivity contribution in [1.29, 1.82) is 0 Å². The summed E-state index contributed by atoms with van der Waals surface area (Å²) < 4.78 is 25.0. The first-order valence-corrected chi connectivity index (χ1v) is 4.82. The van der Waals surface area contributed by atoms with E-state index < -0.39 is 9.53 Å². The third kappa shape index (κ3) is 13.1. The molecule has 0 radical (unpaired) electrons. The minimum Gasteiger partial charge on any atom is -0.379 e. The molecule has 70 valence electrons. The first-order valence-electron chi connectivity index (χ1n) is 3.41. The van der Waals surface area contributed by atoms with Gasteiger partial charge in [0.25, 0.3) is 0 Å². The van der Waals surface area contributed by atoms with Crippen molar-refractivity contribution in [3.63, 3.8) is 0 Å². The van der Waals surface area contributed by atoms with Crippen LogP contribution in [0.1, 0.15) is 13.3 Å². The molecular formula is C6H17FO3Si. The minimum atomic E-state index is -1.67. The third-order valence-electron chi connectivity index (χ3n) is 0.766. The lowest BCUT2D eigenvalue weighted by molar-refractivity contribution is 0.163. The molecule has 0 spiro atoms. The monoisotopic (exact) mass is 184 g/mol. The molecule has 0 aliphatic rings. The van der Waals surface area contributed by atoms with Crippen LogP contribution in [0.4, 0.5) is 4.39 Å². The van der Waals surface area contributed by atoms with Crippen LogP contribution in [0.5, 0.6) is 0 Å². The molecule has 0 saturated carbocycles. The molecule has 0 fully saturated rings. The SMILES string of the molecule is CCCF.CO[SiH](OC)OC. The van der Waals surface area contributed by atoms with Crippen LogP contribution < -0.4 is 0 Å². The van der Waals surface area contributed by atoms with E-state index in [-0.39, 0.29) is 6.67 Å². The molecule has 0 aromatic carbocycles. The number of hydrogen-bond acceptors (Lipinski definition) is 3. The summed E-state index contributed by atoms with van der Waals surface area (Å²) >= 11 is 0. The molecule has 0 heterocycles. The molecule has 11 heavy (non-hydrogen) atoms. The van der Waals surface area contributed by atoms with Gasteiger partial charge in [-0.3, -0.25) is 4.39 Å². The first-order chi connectivity index (χ1) is 5.26. The fraction of sp³-hybridized carbons (Fsp3) is 1.00. The van der Waals surface area contributed by atoms with Gasteiger partial charge < -0.3 is 13.3 Å². The van der Waals surface area contributed by atoms with E-state index in [1.165, 1.54) is 0 Å². The molecule has 0 rings (SSSR count). The van der Waals surface area contributed by atoms with Crippen LogP contribution in [-0.4, -0.2) is 37.5 Å². The second-order valence-electron chi connectivity index (χ2n) is 1.68. The number of rotatable bonds is 4. The van der Waals surface area contributed by atoms with Crippen molar-refractivity contribution < 1.29 is 17.7 Å². The van der Waals surface area contributed by atoms with Gasteiger partial charge in [-0.1, -0.05) is 6.92 Å².